The van der Waals surface area contributed by atoms with E-state index in [4.69, 9.17) is 18.9 Å². The Balaban J connectivity index is 1.32. The average Bonchev–Trinajstić information content (AvgIpc) is 4.06. The van der Waals surface area contributed by atoms with Crippen molar-refractivity contribution >= 4 is 56.6 Å². The van der Waals surface area contributed by atoms with Gasteiger partial charge in [-0.15, -0.1) is 6.58 Å². The van der Waals surface area contributed by atoms with Gasteiger partial charge in [-0.05, 0) is 70.5 Å². The van der Waals surface area contributed by atoms with Crippen molar-refractivity contribution in [3.8, 4) is 11.6 Å². The van der Waals surface area contributed by atoms with Crippen LogP contribution in [-0.4, -0.2) is 116 Å². The van der Waals surface area contributed by atoms with Gasteiger partial charge in [0.2, 0.25) is 33.6 Å². The third-order valence-electron chi connectivity index (χ3n) is 9.99. The van der Waals surface area contributed by atoms with E-state index >= 15 is 0 Å². The van der Waals surface area contributed by atoms with Crippen LogP contribution < -0.4 is 30.1 Å². The van der Waals surface area contributed by atoms with Gasteiger partial charge >= 0.3 is 6.09 Å². The Morgan fingerprint density at radius 1 is 1.18 bits per heavy atom. The fourth-order valence-corrected chi connectivity index (χ4v) is 8.19. The number of fused-ring (bicyclic) bond motifs is 3. The largest absolute Gasteiger partial charge is 0.496 e. The van der Waals surface area contributed by atoms with E-state index in [1.165, 1.54) is 25.0 Å². The van der Waals surface area contributed by atoms with Crippen LogP contribution in [0.25, 0.3) is 16.8 Å². The Morgan fingerprint density at radius 2 is 1.93 bits per heavy atom. The molecule has 0 spiro atoms. The number of alkyl carbamates (subject to hydrolysis) is 1. The summed E-state index contributed by atoms with van der Waals surface area (Å²) in [4.78, 5) is 74.0. The van der Waals surface area contributed by atoms with E-state index in [9.17, 15) is 32.4 Å². The third kappa shape index (κ3) is 8.91. The lowest BCUT2D eigenvalue weighted by Gasteiger charge is -2.29. The molecule has 4 aliphatic rings. The minimum Gasteiger partial charge on any atom is -0.496 e. The van der Waals surface area contributed by atoms with Gasteiger partial charge in [0.1, 0.15) is 41.1 Å². The number of carbonyl (C=O) groups excluding carboxylic acids is 5. The Labute approximate surface area is 324 Å². The molecule has 2 saturated carbocycles. The fourth-order valence-electron chi connectivity index (χ4n) is 6.83. The number of rotatable bonds is 8. The fraction of sp³-hybridized carbons (Fsp3) is 0.526. The number of nitrogens with zero attached hydrogens (tertiary/aromatic N) is 2. The van der Waals surface area contributed by atoms with Crippen LogP contribution in [0.1, 0.15) is 58.9 Å². The molecule has 1 aromatic carbocycles. The van der Waals surface area contributed by atoms with Gasteiger partial charge in [-0.3, -0.25) is 23.9 Å². The highest BCUT2D eigenvalue weighted by Crippen LogP contribution is 2.45. The summed E-state index contributed by atoms with van der Waals surface area (Å²) in [5.74, 6) is -2.78. The van der Waals surface area contributed by atoms with Gasteiger partial charge in [0.15, 0.2) is 0 Å². The summed E-state index contributed by atoms with van der Waals surface area (Å²) in [5, 5.41) is 8.58. The smallest absolute Gasteiger partial charge is 0.408 e. The number of hydrogen-bond donors (Lipinski definition) is 4. The van der Waals surface area contributed by atoms with Crippen molar-refractivity contribution in [1.82, 2.24) is 30.6 Å². The molecule has 18 heteroatoms. The number of nitrogens with one attached hydrogen (secondary N) is 4. The van der Waals surface area contributed by atoms with E-state index in [1.807, 2.05) is 12.1 Å². The third-order valence-corrected chi connectivity index (χ3v) is 11.8. The van der Waals surface area contributed by atoms with Gasteiger partial charge in [0.25, 0.3) is 5.91 Å². The maximum atomic E-state index is 14.2. The topological polar surface area (TPSA) is 221 Å². The Morgan fingerprint density at radius 3 is 2.59 bits per heavy atom. The molecule has 1 saturated heterocycles. The monoisotopic (exact) mass is 796 g/mol. The molecule has 1 aromatic heterocycles. The zero-order valence-corrected chi connectivity index (χ0v) is 32.8. The quantitative estimate of drug-likeness (QED) is 0.281. The molecule has 6 atom stereocenters. The summed E-state index contributed by atoms with van der Waals surface area (Å²) in [5.41, 5.74) is -1.80. The van der Waals surface area contributed by atoms with Gasteiger partial charge in [-0.25, -0.2) is 18.2 Å². The van der Waals surface area contributed by atoms with Crippen LogP contribution in [0.15, 0.2) is 43.1 Å². The highest BCUT2D eigenvalue weighted by molar-refractivity contribution is 7.91. The average molecular weight is 797 g/mol. The summed E-state index contributed by atoms with van der Waals surface area (Å²) in [6.45, 7) is 9.84. The van der Waals surface area contributed by atoms with E-state index in [-0.39, 0.29) is 38.5 Å². The van der Waals surface area contributed by atoms with Gasteiger partial charge in [-0.1, -0.05) is 18.2 Å². The van der Waals surface area contributed by atoms with Crippen molar-refractivity contribution in [3.05, 3.63) is 48.7 Å². The van der Waals surface area contributed by atoms with Crippen molar-refractivity contribution in [1.29, 1.82) is 0 Å². The zero-order valence-electron chi connectivity index (χ0n) is 32.0. The predicted octanol–water partition coefficient (Wildman–Crippen LogP) is 1.70. The zero-order chi connectivity index (χ0) is 40.6. The molecule has 2 aliphatic carbocycles. The molecular formula is C38H48N6O11S. The van der Waals surface area contributed by atoms with Crippen molar-refractivity contribution in [3.63, 3.8) is 0 Å². The number of hydrogen-bond acceptors (Lipinski definition) is 12. The first kappa shape index (κ1) is 40.4. The van der Waals surface area contributed by atoms with Crippen LogP contribution in [0.5, 0.6) is 11.6 Å². The van der Waals surface area contributed by atoms with Crippen molar-refractivity contribution in [2.75, 3.05) is 26.9 Å². The van der Waals surface area contributed by atoms with E-state index in [0.717, 1.165) is 5.39 Å². The molecule has 0 radical (unpaired) electrons. The minimum atomic E-state index is -3.93. The maximum absolute atomic E-state index is 14.2. The first-order valence-electron chi connectivity index (χ1n) is 18.4. The number of ether oxygens (including phenoxy) is 4. The lowest BCUT2D eigenvalue weighted by Crippen LogP contribution is -2.59. The predicted molar refractivity (Wildman–Crippen MR) is 203 cm³/mol. The van der Waals surface area contributed by atoms with Crippen molar-refractivity contribution in [2.45, 2.75) is 94.0 Å². The molecule has 0 unspecified atom stereocenters. The Bertz CT molecular complexity index is 2060. The van der Waals surface area contributed by atoms with E-state index in [0.29, 0.717) is 29.5 Å². The number of amides is 5. The molecule has 2 aromatic rings. The molecule has 17 nitrogen and oxygen atoms in total. The van der Waals surface area contributed by atoms with Crippen molar-refractivity contribution in [2.24, 2.45) is 5.92 Å². The molecule has 4 N–H and O–H groups in total. The molecule has 3 fully saturated rings. The SMILES string of the molecule is C=C[C@@H]1C[C@]1(NC(=O)[C@@H]1C[C@@H]2CN1C(=O)[C@H](C)NC(=O)[C@@H](NC(=O)OC(C)(C)C)COC/C=C/c1cc3c(nccc3cc1OC)O2)C(=O)NS(=O)(=O)C1CC1. The summed E-state index contributed by atoms with van der Waals surface area (Å²) in [7, 11) is -2.40. The lowest BCUT2D eigenvalue weighted by atomic mass is 10.1. The molecule has 3 heterocycles. The second-order valence-electron chi connectivity index (χ2n) is 15.5. The summed E-state index contributed by atoms with van der Waals surface area (Å²) in [6, 6.07) is 1.72. The van der Waals surface area contributed by atoms with E-state index in [2.05, 4.69) is 32.2 Å². The number of methoxy groups -OCH3 is 1. The maximum Gasteiger partial charge on any atom is 0.408 e. The summed E-state index contributed by atoms with van der Waals surface area (Å²) in [6.07, 6.45) is 5.80. The highest BCUT2D eigenvalue weighted by Gasteiger charge is 2.62. The number of pyridine rings is 1. The van der Waals surface area contributed by atoms with Gasteiger partial charge in [0, 0.05) is 29.5 Å². The van der Waals surface area contributed by atoms with E-state index in [1.54, 1.807) is 45.2 Å². The molecular weight excluding hydrogens is 749 g/mol. The standard InChI is InChI=1S/C38H48N6O11S/c1-7-24-18-38(24,35(48)43-56(50,51)26-10-11-26)42-32(46)29-17-25-19-44(29)34(47)21(2)40-31(45)28(41-36(49)55-37(3,4)5)20-53-14-8-9-23-15-27-22(16-30(23)52-6)12-13-39-33(27)54-25/h7-9,12-13,15-16,21,24-26,28-29H,1,10-11,14,17-20H2,2-6H3,(H,40,45)(H,41,49)(H,42,46)(H,43,48)/b9-8+/t21-,24+,25+,28-,29-,38+/m0/s1. The van der Waals surface area contributed by atoms with Gasteiger partial charge in [-0.2, -0.15) is 0 Å². The summed E-state index contributed by atoms with van der Waals surface area (Å²) < 4.78 is 50.7. The second-order valence-corrected chi connectivity index (χ2v) is 17.4. The van der Waals surface area contributed by atoms with Crippen LogP contribution in [0.2, 0.25) is 0 Å². The highest BCUT2D eigenvalue weighted by atomic mass is 32.2. The normalized spacial score (nSPS) is 27.5. The first-order valence-corrected chi connectivity index (χ1v) is 20.0. The van der Waals surface area contributed by atoms with Crippen LogP contribution in [0.4, 0.5) is 4.79 Å². The number of aromatic nitrogens is 1. The van der Waals surface area contributed by atoms with Crippen LogP contribution >= 0.6 is 0 Å². The second kappa shape index (κ2) is 15.7. The van der Waals surface area contributed by atoms with Crippen LogP contribution in [-0.2, 0) is 38.7 Å². The minimum absolute atomic E-state index is 0.0350. The van der Waals surface area contributed by atoms with Gasteiger partial charge < -0.3 is 39.8 Å². The van der Waals surface area contributed by atoms with Crippen molar-refractivity contribution < 1.29 is 51.3 Å². The molecule has 5 amide bonds. The number of carbonyl (C=O) groups is 5. The molecule has 2 aliphatic heterocycles. The lowest BCUT2D eigenvalue weighted by molar-refractivity contribution is -0.142. The molecule has 4 bridgehead atoms. The molecule has 302 valence electrons. The number of sulfonamides is 1. The van der Waals surface area contributed by atoms with Crippen LogP contribution in [0, 0.1) is 5.92 Å². The first-order chi connectivity index (χ1) is 26.4. The Hall–Kier alpha value is -5.23. The van der Waals surface area contributed by atoms with E-state index < -0.39 is 86.3 Å². The van der Waals surface area contributed by atoms with Crippen LogP contribution in [0.3, 0.4) is 0 Å². The van der Waals surface area contributed by atoms with Gasteiger partial charge in [0.05, 0.1) is 32.1 Å². The molecule has 6 rings (SSSR count). The Kier molecular flexibility index (Phi) is 11.4. The summed E-state index contributed by atoms with van der Waals surface area (Å²) >= 11 is 0. The molecule has 56 heavy (non-hydrogen) atoms. The number of benzene rings is 1.